The van der Waals surface area contributed by atoms with Crippen molar-refractivity contribution in [3.63, 3.8) is 0 Å². The summed E-state index contributed by atoms with van der Waals surface area (Å²) in [5, 5.41) is 21.6. The number of aliphatic hydroxyl groups is 2. The summed E-state index contributed by atoms with van der Waals surface area (Å²) in [7, 11) is 0. The van der Waals surface area contributed by atoms with Gasteiger partial charge in [-0.05, 0) is 41.8 Å². The third-order valence-corrected chi connectivity index (χ3v) is 3.85. The van der Waals surface area contributed by atoms with Crippen LogP contribution in [-0.2, 0) is 18.0 Å². The van der Waals surface area contributed by atoms with Crippen molar-refractivity contribution in [2.75, 3.05) is 5.32 Å². The molecule has 1 aliphatic rings. The van der Waals surface area contributed by atoms with Gasteiger partial charge in [0.1, 0.15) is 0 Å². The summed E-state index contributed by atoms with van der Waals surface area (Å²) in [5.74, 6) is -0.172. The number of benzene rings is 2. The van der Waals surface area contributed by atoms with Gasteiger partial charge >= 0.3 is 0 Å². The van der Waals surface area contributed by atoms with Crippen molar-refractivity contribution in [2.45, 2.75) is 20.1 Å². The lowest BCUT2D eigenvalue weighted by Crippen LogP contribution is -2.03. The van der Waals surface area contributed by atoms with E-state index in [2.05, 4.69) is 5.32 Å². The number of hydrogen-bond donors (Lipinski definition) is 3. The van der Waals surface area contributed by atoms with Crippen molar-refractivity contribution in [3.8, 4) is 0 Å². The number of amides is 1. The molecular weight excluding hydrogens is 278 g/mol. The van der Waals surface area contributed by atoms with E-state index in [0.29, 0.717) is 22.4 Å². The Labute approximate surface area is 128 Å². The first-order valence-electron chi connectivity index (χ1n) is 7.10. The minimum Gasteiger partial charge on any atom is -0.392 e. The van der Waals surface area contributed by atoms with E-state index in [9.17, 15) is 15.0 Å². The van der Waals surface area contributed by atoms with Crippen LogP contribution in [0.1, 0.15) is 27.8 Å². The van der Waals surface area contributed by atoms with E-state index in [1.165, 1.54) is 0 Å². The molecule has 1 heterocycles. The predicted molar refractivity (Wildman–Crippen MR) is 86.0 cm³/mol. The molecule has 0 atom stereocenters. The fraction of sp³-hybridized carbons (Fsp3) is 0.167. The molecule has 4 nitrogen and oxygen atoms in total. The van der Waals surface area contributed by atoms with Crippen LogP contribution in [0, 0.1) is 6.92 Å². The summed E-state index contributed by atoms with van der Waals surface area (Å²) < 4.78 is 0. The van der Waals surface area contributed by atoms with Crippen LogP contribution in [0.4, 0.5) is 5.69 Å². The van der Waals surface area contributed by atoms with Crippen molar-refractivity contribution >= 4 is 23.2 Å². The van der Waals surface area contributed by atoms with Crippen molar-refractivity contribution in [2.24, 2.45) is 0 Å². The van der Waals surface area contributed by atoms with Gasteiger partial charge < -0.3 is 15.5 Å². The molecule has 4 heteroatoms. The highest BCUT2D eigenvalue weighted by Gasteiger charge is 2.25. The average Bonchev–Trinajstić information content (AvgIpc) is 2.83. The highest BCUT2D eigenvalue weighted by molar-refractivity contribution is 6.35. The molecule has 0 unspecified atom stereocenters. The van der Waals surface area contributed by atoms with E-state index >= 15 is 0 Å². The van der Waals surface area contributed by atoms with Crippen molar-refractivity contribution in [3.05, 3.63) is 64.2 Å². The van der Waals surface area contributed by atoms with Gasteiger partial charge in [-0.15, -0.1) is 0 Å². The van der Waals surface area contributed by atoms with Gasteiger partial charge in [-0.1, -0.05) is 29.8 Å². The molecule has 1 aliphatic heterocycles. The molecule has 22 heavy (non-hydrogen) atoms. The van der Waals surface area contributed by atoms with Gasteiger partial charge in [-0.3, -0.25) is 4.79 Å². The van der Waals surface area contributed by atoms with Crippen LogP contribution in [0.25, 0.3) is 11.6 Å². The molecule has 0 fully saturated rings. The number of fused-ring (bicyclic) bond motifs is 1. The third-order valence-electron chi connectivity index (χ3n) is 3.85. The lowest BCUT2D eigenvalue weighted by molar-refractivity contribution is -0.110. The molecular formula is C18H17NO3. The molecule has 2 aromatic carbocycles. The SMILES string of the molecule is Cc1ccc(C=C2C(=O)Nc3cc(CO)c(CO)cc32)cc1. The van der Waals surface area contributed by atoms with E-state index < -0.39 is 0 Å². The Balaban J connectivity index is 2.09. The van der Waals surface area contributed by atoms with Crippen LogP contribution in [0.5, 0.6) is 0 Å². The maximum atomic E-state index is 12.2. The Hall–Kier alpha value is -2.43. The average molecular weight is 295 g/mol. The van der Waals surface area contributed by atoms with Crippen LogP contribution < -0.4 is 5.32 Å². The maximum absolute atomic E-state index is 12.2. The van der Waals surface area contributed by atoms with Crippen LogP contribution in [0.2, 0.25) is 0 Å². The smallest absolute Gasteiger partial charge is 0.256 e. The topological polar surface area (TPSA) is 69.6 Å². The molecule has 1 amide bonds. The van der Waals surface area contributed by atoms with Crippen LogP contribution in [0.15, 0.2) is 36.4 Å². The Bertz CT molecular complexity index is 761. The third kappa shape index (κ3) is 2.54. The molecule has 3 rings (SSSR count). The second-order valence-corrected chi connectivity index (χ2v) is 5.41. The highest BCUT2D eigenvalue weighted by atomic mass is 16.3. The molecule has 0 aliphatic carbocycles. The first-order chi connectivity index (χ1) is 10.6. The molecule has 0 saturated carbocycles. The number of carbonyl (C=O) groups excluding carboxylic acids is 1. The largest absolute Gasteiger partial charge is 0.392 e. The van der Waals surface area contributed by atoms with Crippen LogP contribution >= 0.6 is 0 Å². The highest BCUT2D eigenvalue weighted by Crippen LogP contribution is 2.35. The zero-order valence-corrected chi connectivity index (χ0v) is 12.3. The minimum atomic E-state index is -0.172. The first-order valence-corrected chi connectivity index (χ1v) is 7.10. The number of hydrogen-bond acceptors (Lipinski definition) is 3. The Kier molecular flexibility index (Phi) is 3.79. The molecule has 0 bridgehead atoms. The number of anilines is 1. The molecule has 3 N–H and O–H groups in total. The van der Waals surface area contributed by atoms with Gasteiger partial charge in [-0.25, -0.2) is 0 Å². The molecule has 112 valence electrons. The van der Waals surface area contributed by atoms with E-state index in [1.54, 1.807) is 12.1 Å². The Morgan fingerprint density at radius 2 is 1.68 bits per heavy atom. The number of nitrogens with one attached hydrogen (secondary N) is 1. The quantitative estimate of drug-likeness (QED) is 0.762. The summed E-state index contributed by atoms with van der Waals surface area (Å²) >= 11 is 0. The zero-order chi connectivity index (χ0) is 15.7. The van der Waals surface area contributed by atoms with Gasteiger partial charge in [0, 0.05) is 16.8 Å². The number of aliphatic hydroxyl groups excluding tert-OH is 2. The van der Waals surface area contributed by atoms with Gasteiger partial charge in [0.05, 0.1) is 13.2 Å². The predicted octanol–water partition coefficient (Wildman–Crippen LogP) is 2.47. The lowest BCUT2D eigenvalue weighted by Gasteiger charge is -2.08. The molecule has 0 radical (unpaired) electrons. The van der Waals surface area contributed by atoms with Crippen molar-refractivity contribution < 1.29 is 15.0 Å². The normalized spacial score (nSPS) is 15.0. The fourth-order valence-electron chi connectivity index (χ4n) is 2.59. The second-order valence-electron chi connectivity index (χ2n) is 5.41. The van der Waals surface area contributed by atoms with Crippen LogP contribution in [-0.4, -0.2) is 16.1 Å². The van der Waals surface area contributed by atoms with E-state index in [4.69, 9.17) is 0 Å². The molecule has 2 aromatic rings. The summed E-state index contributed by atoms with van der Waals surface area (Å²) in [6, 6.07) is 11.4. The van der Waals surface area contributed by atoms with Gasteiger partial charge in [-0.2, -0.15) is 0 Å². The van der Waals surface area contributed by atoms with Gasteiger partial charge in [0.15, 0.2) is 0 Å². The molecule has 0 saturated heterocycles. The number of rotatable bonds is 3. The lowest BCUT2D eigenvalue weighted by atomic mass is 9.98. The van der Waals surface area contributed by atoms with E-state index in [-0.39, 0.29) is 19.1 Å². The summed E-state index contributed by atoms with van der Waals surface area (Å²) in [6.07, 6.45) is 1.83. The summed E-state index contributed by atoms with van der Waals surface area (Å²) in [4.78, 5) is 12.2. The van der Waals surface area contributed by atoms with E-state index in [0.717, 1.165) is 16.7 Å². The molecule has 0 aromatic heterocycles. The van der Waals surface area contributed by atoms with Crippen molar-refractivity contribution in [1.82, 2.24) is 0 Å². The summed E-state index contributed by atoms with van der Waals surface area (Å²) in [6.45, 7) is 1.67. The van der Waals surface area contributed by atoms with Gasteiger partial charge in [0.2, 0.25) is 0 Å². The maximum Gasteiger partial charge on any atom is 0.256 e. The standard InChI is InChI=1S/C18H17NO3/c1-11-2-4-12(5-3-11)6-16-15-7-13(9-20)14(10-21)8-17(15)19-18(16)22/h2-8,20-21H,9-10H2,1H3,(H,19,22). The van der Waals surface area contributed by atoms with E-state index in [1.807, 2.05) is 37.3 Å². The Morgan fingerprint density at radius 3 is 2.32 bits per heavy atom. The number of carbonyl (C=O) groups is 1. The summed E-state index contributed by atoms with van der Waals surface area (Å²) in [5.41, 5.74) is 5.36. The monoisotopic (exact) mass is 295 g/mol. The molecule has 0 spiro atoms. The first kappa shape index (κ1) is 14.5. The zero-order valence-electron chi connectivity index (χ0n) is 12.3. The Morgan fingerprint density at radius 1 is 1.05 bits per heavy atom. The van der Waals surface area contributed by atoms with Crippen molar-refractivity contribution in [1.29, 1.82) is 0 Å². The van der Waals surface area contributed by atoms with Crippen LogP contribution in [0.3, 0.4) is 0 Å². The fourth-order valence-corrected chi connectivity index (χ4v) is 2.59. The number of aryl methyl sites for hydroxylation is 1. The second kappa shape index (κ2) is 5.75. The minimum absolute atomic E-state index is 0.171. The van der Waals surface area contributed by atoms with Gasteiger partial charge in [0.25, 0.3) is 5.91 Å².